The van der Waals surface area contributed by atoms with E-state index in [1.807, 2.05) is 27.2 Å². The molecule has 0 spiro atoms. The number of unbranched alkanes of at least 4 members (excludes halogenated alkanes) is 44. The van der Waals surface area contributed by atoms with Gasteiger partial charge in [-0.05, 0) is 44.9 Å². The molecule has 0 heterocycles. The Morgan fingerprint density at radius 3 is 1.07 bits per heavy atom. The molecule has 0 saturated heterocycles. The number of phosphoric ester groups is 1. The summed E-state index contributed by atoms with van der Waals surface area (Å²) in [6.07, 6.45) is 70.1. The molecule has 0 aliphatic heterocycles. The van der Waals surface area contributed by atoms with Gasteiger partial charge in [0.25, 0.3) is 0 Å². The van der Waals surface area contributed by atoms with Crippen molar-refractivity contribution < 1.29 is 32.9 Å². The van der Waals surface area contributed by atoms with Crippen molar-refractivity contribution in [2.45, 2.75) is 334 Å². The fourth-order valence-electron chi connectivity index (χ4n) is 9.69. The van der Waals surface area contributed by atoms with Gasteiger partial charge < -0.3 is 19.8 Å². The van der Waals surface area contributed by atoms with Crippen LogP contribution in [-0.4, -0.2) is 73.4 Å². The molecule has 0 rings (SSSR count). The summed E-state index contributed by atoms with van der Waals surface area (Å²) in [7, 11) is 1.59. The van der Waals surface area contributed by atoms with Gasteiger partial charge in [0.05, 0.1) is 39.9 Å². The first-order valence-corrected chi connectivity index (χ1v) is 33.2. The molecule has 9 heteroatoms. The van der Waals surface area contributed by atoms with E-state index in [0.29, 0.717) is 17.4 Å². The van der Waals surface area contributed by atoms with E-state index in [4.69, 9.17) is 9.05 Å². The molecule has 72 heavy (non-hydrogen) atoms. The van der Waals surface area contributed by atoms with Crippen LogP contribution >= 0.6 is 7.82 Å². The molecule has 0 saturated carbocycles. The molecule has 0 aromatic carbocycles. The van der Waals surface area contributed by atoms with Gasteiger partial charge in [-0.25, -0.2) is 4.57 Å². The zero-order valence-electron chi connectivity index (χ0n) is 48.9. The van der Waals surface area contributed by atoms with Crippen LogP contribution in [0.4, 0.5) is 0 Å². The lowest BCUT2D eigenvalue weighted by molar-refractivity contribution is -0.870. The van der Waals surface area contributed by atoms with Gasteiger partial charge in [0.1, 0.15) is 13.2 Å². The number of rotatable bonds is 59. The highest BCUT2D eigenvalue weighted by Gasteiger charge is 2.28. The minimum atomic E-state index is -4.35. The van der Waals surface area contributed by atoms with E-state index in [9.17, 15) is 19.4 Å². The van der Waals surface area contributed by atoms with E-state index in [2.05, 4.69) is 31.3 Å². The predicted molar refractivity (Wildman–Crippen MR) is 314 cm³/mol. The second-order valence-corrected chi connectivity index (χ2v) is 24.6. The number of allylic oxidation sites excluding steroid dienone is 3. The quantitative estimate of drug-likeness (QED) is 0.0243. The summed E-state index contributed by atoms with van der Waals surface area (Å²) in [6.45, 7) is 4.87. The number of aliphatic hydroxyl groups excluding tert-OH is 1. The molecular formula is C63H126N2O6P+. The van der Waals surface area contributed by atoms with Gasteiger partial charge in [0.2, 0.25) is 5.91 Å². The van der Waals surface area contributed by atoms with Crippen LogP contribution in [0.2, 0.25) is 0 Å². The van der Waals surface area contributed by atoms with E-state index < -0.39 is 20.0 Å². The summed E-state index contributed by atoms with van der Waals surface area (Å²) in [5.41, 5.74) is 0. The molecule has 0 aliphatic carbocycles. The van der Waals surface area contributed by atoms with Crippen molar-refractivity contribution in [1.82, 2.24) is 5.32 Å². The van der Waals surface area contributed by atoms with Crippen LogP contribution in [0.25, 0.3) is 0 Å². The summed E-state index contributed by atoms with van der Waals surface area (Å²) < 4.78 is 23.8. The Morgan fingerprint density at radius 1 is 0.458 bits per heavy atom. The molecule has 3 atom stereocenters. The minimum absolute atomic E-state index is 0.0641. The first-order chi connectivity index (χ1) is 35.0. The van der Waals surface area contributed by atoms with E-state index >= 15 is 0 Å². The lowest BCUT2D eigenvalue weighted by Gasteiger charge is -2.25. The maximum atomic E-state index is 13.0. The van der Waals surface area contributed by atoms with Gasteiger partial charge in [-0.3, -0.25) is 13.8 Å². The molecule has 0 aromatic rings. The summed E-state index contributed by atoms with van der Waals surface area (Å²) in [6, 6.07) is -0.844. The van der Waals surface area contributed by atoms with Crippen molar-refractivity contribution in [3.8, 4) is 0 Å². The third kappa shape index (κ3) is 56.7. The van der Waals surface area contributed by atoms with Crippen LogP contribution in [0.3, 0.4) is 0 Å². The average molecular weight is 1040 g/mol. The highest BCUT2D eigenvalue weighted by molar-refractivity contribution is 7.47. The monoisotopic (exact) mass is 1040 g/mol. The number of quaternary nitrogens is 1. The lowest BCUT2D eigenvalue weighted by Crippen LogP contribution is -2.45. The molecule has 8 nitrogen and oxygen atoms in total. The number of carbonyl (C=O) groups excluding carboxylic acids is 1. The van der Waals surface area contributed by atoms with E-state index in [1.165, 1.54) is 270 Å². The molecule has 0 bridgehead atoms. The predicted octanol–water partition coefficient (Wildman–Crippen LogP) is 19.5. The smallest absolute Gasteiger partial charge is 0.387 e. The summed E-state index contributed by atoms with van der Waals surface area (Å²) in [5, 5.41) is 14.0. The Balaban J connectivity index is 4.09. The summed E-state index contributed by atoms with van der Waals surface area (Å²) >= 11 is 0. The van der Waals surface area contributed by atoms with Crippen molar-refractivity contribution >= 4 is 13.7 Å². The topological polar surface area (TPSA) is 105 Å². The van der Waals surface area contributed by atoms with E-state index in [1.54, 1.807) is 6.08 Å². The highest BCUT2D eigenvalue weighted by Crippen LogP contribution is 2.43. The van der Waals surface area contributed by atoms with Crippen LogP contribution in [0.5, 0.6) is 0 Å². The zero-order chi connectivity index (χ0) is 52.7. The average Bonchev–Trinajstić information content (AvgIpc) is 3.34. The Kier molecular flexibility index (Phi) is 54.0. The molecule has 3 unspecified atom stereocenters. The fraction of sp³-hybridized carbons (Fsp3) is 0.921. The lowest BCUT2D eigenvalue weighted by atomic mass is 10.0. The number of likely N-dealkylation sites (N-methyl/N-ethyl adjacent to an activating group) is 1. The zero-order valence-corrected chi connectivity index (χ0v) is 49.8. The Morgan fingerprint density at radius 2 is 0.750 bits per heavy atom. The number of phosphoric acid groups is 1. The van der Waals surface area contributed by atoms with Crippen LogP contribution in [-0.2, 0) is 18.4 Å². The number of nitrogens with zero attached hydrogens (tertiary/aromatic N) is 1. The van der Waals surface area contributed by atoms with Crippen molar-refractivity contribution in [3.05, 3.63) is 24.3 Å². The fourth-order valence-corrected chi connectivity index (χ4v) is 10.4. The Bertz CT molecular complexity index is 1220. The van der Waals surface area contributed by atoms with Gasteiger partial charge in [-0.15, -0.1) is 0 Å². The largest absolute Gasteiger partial charge is 0.472 e. The normalized spacial score (nSPS) is 13.9. The van der Waals surface area contributed by atoms with Crippen LogP contribution in [0.15, 0.2) is 24.3 Å². The third-order valence-electron chi connectivity index (χ3n) is 14.7. The summed E-state index contributed by atoms with van der Waals surface area (Å²) in [4.78, 5) is 23.4. The first-order valence-electron chi connectivity index (χ1n) is 31.7. The maximum absolute atomic E-state index is 13.0. The summed E-state index contributed by atoms with van der Waals surface area (Å²) in [5.74, 6) is -0.170. The number of hydrogen-bond acceptors (Lipinski definition) is 5. The highest BCUT2D eigenvalue weighted by atomic mass is 31.2. The number of nitrogens with one attached hydrogen (secondary N) is 1. The van der Waals surface area contributed by atoms with Gasteiger partial charge >= 0.3 is 7.82 Å². The second-order valence-electron chi connectivity index (χ2n) is 23.1. The van der Waals surface area contributed by atoms with Crippen molar-refractivity contribution in [1.29, 1.82) is 0 Å². The van der Waals surface area contributed by atoms with Crippen molar-refractivity contribution in [2.75, 3.05) is 40.9 Å². The molecule has 0 radical (unpaired) electrons. The SMILES string of the molecule is CCCCCCCCCC/C=C\CCCCCCCCCCCCCCCCCCCC(=O)NC(COP(=O)(O)OCC[N+](C)(C)C)C(O)/C=C/CCCCCCCCCCCCCCCCCCCCC. The van der Waals surface area contributed by atoms with Gasteiger partial charge in [0, 0.05) is 6.42 Å². The van der Waals surface area contributed by atoms with Crippen LogP contribution in [0.1, 0.15) is 322 Å². The van der Waals surface area contributed by atoms with Crippen LogP contribution in [0, 0.1) is 0 Å². The molecule has 1 amide bonds. The maximum Gasteiger partial charge on any atom is 0.472 e. The van der Waals surface area contributed by atoms with E-state index in [-0.39, 0.29) is 19.1 Å². The Hall–Kier alpha value is -1.02. The van der Waals surface area contributed by atoms with Crippen molar-refractivity contribution in [3.63, 3.8) is 0 Å². The Labute approximate surface area is 449 Å². The molecule has 0 fully saturated rings. The second kappa shape index (κ2) is 54.8. The van der Waals surface area contributed by atoms with Gasteiger partial charge in [-0.1, -0.05) is 295 Å². The first kappa shape index (κ1) is 71.0. The number of hydrogen-bond donors (Lipinski definition) is 3. The van der Waals surface area contributed by atoms with Crippen molar-refractivity contribution in [2.24, 2.45) is 0 Å². The standard InChI is InChI=1S/C63H125N2O6P/c1-6-8-10-12-14-16-18-20-22-24-26-28-29-30-31-32-33-34-35-37-39-41-43-45-47-49-51-53-55-57-63(67)64-61(60-71-72(68,69)70-59-58-65(3,4)5)62(66)56-54-52-50-48-46-44-42-40-38-36-27-25-23-21-19-17-15-13-11-9-7-2/h24,26,54,56,61-62,66H,6-23,25,27-53,55,57-60H2,1-5H3,(H-,64,67,68,69)/p+1/b26-24-,56-54+. The minimum Gasteiger partial charge on any atom is -0.387 e. The number of amides is 1. The molecular weight excluding hydrogens is 912 g/mol. The molecule has 3 N–H and O–H groups in total. The number of carbonyl (C=O) groups is 1. The van der Waals surface area contributed by atoms with Gasteiger partial charge in [-0.2, -0.15) is 0 Å². The van der Waals surface area contributed by atoms with Gasteiger partial charge in [0.15, 0.2) is 0 Å². The molecule has 0 aliphatic rings. The molecule has 0 aromatic heterocycles. The number of aliphatic hydroxyl groups is 1. The molecule has 428 valence electrons. The third-order valence-corrected chi connectivity index (χ3v) is 15.6. The van der Waals surface area contributed by atoms with Crippen LogP contribution < -0.4 is 5.32 Å². The van der Waals surface area contributed by atoms with E-state index in [0.717, 1.165) is 32.1 Å².